The van der Waals surface area contributed by atoms with Crippen LogP contribution in [0.1, 0.15) is 24.0 Å². The van der Waals surface area contributed by atoms with Crippen molar-refractivity contribution in [2.75, 3.05) is 40.8 Å². The summed E-state index contributed by atoms with van der Waals surface area (Å²) in [6.45, 7) is 5.79. The molecule has 0 spiro atoms. The van der Waals surface area contributed by atoms with E-state index >= 15 is 0 Å². The monoisotopic (exact) mass is 275 g/mol. The minimum absolute atomic E-state index is 0.883. The van der Waals surface area contributed by atoms with E-state index in [-0.39, 0.29) is 0 Å². The zero-order chi connectivity index (χ0) is 14.4. The molecule has 1 aliphatic heterocycles. The molecular weight excluding hydrogens is 246 g/mol. The fraction of sp³-hybridized carbons (Fsp3) is 0.647. The van der Waals surface area contributed by atoms with Crippen molar-refractivity contribution < 1.29 is 0 Å². The fourth-order valence-electron chi connectivity index (χ4n) is 3.16. The Labute approximate surface area is 124 Å². The molecule has 1 saturated heterocycles. The van der Waals surface area contributed by atoms with Gasteiger partial charge in [0.15, 0.2) is 0 Å². The zero-order valence-corrected chi connectivity index (χ0v) is 13.2. The molecule has 0 saturated carbocycles. The van der Waals surface area contributed by atoms with Gasteiger partial charge in [-0.3, -0.25) is 4.90 Å². The summed E-state index contributed by atoms with van der Waals surface area (Å²) in [5.74, 6) is 0.883. The van der Waals surface area contributed by atoms with Crippen molar-refractivity contribution in [3.63, 3.8) is 0 Å². The zero-order valence-electron chi connectivity index (χ0n) is 13.2. The van der Waals surface area contributed by atoms with Gasteiger partial charge in [0.25, 0.3) is 0 Å². The molecule has 0 unspecified atom stereocenters. The Balaban J connectivity index is 1.86. The van der Waals surface area contributed by atoms with Gasteiger partial charge < -0.3 is 10.2 Å². The minimum Gasteiger partial charge on any atom is -0.316 e. The molecule has 3 heteroatoms. The third-order valence-electron chi connectivity index (χ3n) is 4.21. The highest BCUT2D eigenvalue weighted by atomic mass is 15.1. The summed E-state index contributed by atoms with van der Waals surface area (Å²) in [6.07, 6.45) is 2.68. The highest BCUT2D eigenvalue weighted by Crippen LogP contribution is 2.20. The number of likely N-dealkylation sites (tertiary alicyclic amines) is 1. The van der Waals surface area contributed by atoms with Crippen LogP contribution in [0.15, 0.2) is 24.3 Å². The third kappa shape index (κ3) is 4.58. The fourth-order valence-corrected chi connectivity index (χ4v) is 3.16. The van der Waals surface area contributed by atoms with Gasteiger partial charge in [0.2, 0.25) is 0 Å². The lowest BCUT2D eigenvalue weighted by atomic mass is 9.95. The highest BCUT2D eigenvalue weighted by molar-refractivity contribution is 5.27. The van der Waals surface area contributed by atoms with Gasteiger partial charge in [-0.1, -0.05) is 24.3 Å². The van der Waals surface area contributed by atoms with E-state index in [0.29, 0.717) is 0 Å². The van der Waals surface area contributed by atoms with Crippen molar-refractivity contribution in [3.05, 3.63) is 35.4 Å². The van der Waals surface area contributed by atoms with Crippen LogP contribution in [-0.2, 0) is 13.1 Å². The van der Waals surface area contributed by atoms with E-state index in [0.717, 1.165) is 19.0 Å². The van der Waals surface area contributed by atoms with Crippen molar-refractivity contribution in [2.24, 2.45) is 5.92 Å². The molecule has 0 aliphatic carbocycles. The van der Waals surface area contributed by atoms with Crippen molar-refractivity contribution in [1.82, 2.24) is 15.1 Å². The molecule has 2 rings (SSSR count). The Morgan fingerprint density at radius 2 is 1.80 bits per heavy atom. The number of rotatable bonds is 6. The molecule has 1 aliphatic rings. The van der Waals surface area contributed by atoms with Crippen molar-refractivity contribution in [1.29, 1.82) is 0 Å². The Hall–Kier alpha value is -0.900. The van der Waals surface area contributed by atoms with Gasteiger partial charge in [0.1, 0.15) is 0 Å². The highest BCUT2D eigenvalue weighted by Gasteiger charge is 2.20. The van der Waals surface area contributed by atoms with E-state index < -0.39 is 0 Å². The van der Waals surface area contributed by atoms with Crippen LogP contribution < -0.4 is 5.32 Å². The smallest absolute Gasteiger partial charge is 0.0236 e. The van der Waals surface area contributed by atoms with E-state index in [1.165, 1.54) is 43.6 Å². The van der Waals surface area contributed by atoms with Crippen LogP contribution >= 0.6 is 0 Å². The van der Waals surface area contributed by atoms with E-state index in [4.69, 9.17) is 0 Å². The van der Waals surface area contributed by atoms with E-state index in [1.807, 2.05) is 7.05 Å². The summed E-state index contributed by atoms with van der Waals surface area (Å²) < 4.78 is 0. The number of nitrogens with one attached hydrogen (secondary N) is 1. The number of benzene rings is 1. The van der Waals surface area contributed by atoms with E-state index in [1.54, 1.807) is 0 Å². The first kappa shape index (κ1) is 15.5. The molecule has 3 nitrogen and oxygen atoms in total. The molecule has 0 amide bonds. The van der Waals surface area contributed by atoms with E-state index in [9.17, 15) is 0 Å². The molecule has 20 heavy (non-hydrogen) atoms. The molecule has 1 N–H and O–H groups in total. The molecule has 0 atom stereocenters. The first-order valence-corrected chi connectivity index (χ1v) is 7.77. The molecule has 0 bridgehead atoms. The topological polar surface area (TPSA) is 18.5 Å². The van der Waals surface area contributed by atoms with Gasteiger partial charge in [0, 0.05) is 19.6 Å². The van der Waals surface area contributed by atoms with Gasteiger partial charge in [-0.05, 0) is 64.1 Å². The second-order valence-corrected chi connectivity index (χ2v) is 6.28. The summed E-state index contributed by atoms with van der Waals surface area (Å²) in [7, 11) is 6.38. The van der Waals surface area contributed by atoms with Gasteiger partial charge in [-0.25, -0.2) is 0 Å². The van der Waals surface area contributed by atoms with Gasteiger partial charge in [-0.15, -0.1) is 0 Å². The summed E-state index contributed by atoms with van der Waals surface area (Å²) in [4.78, 5) is 4.93. The quantitative estimate of drug-likeness (QED) is 0.858. The molecule has 0 aromatic heterocycles. The van der Waals surface area contributed by atoms with Crippen LogP contribution in [0.2, 0.25) is 0 Å². The van der Waals surface area contributed by atoms with Gasteiger partial charge in [0.05, 0.1) is 0 Å². The van der Waals surface area contributed by atoms with Crippen LogP contribution in [0.25, 0.3) is 0 Å². The molecule has 1 fully saturated rings. The summed E-state index contributed by atoms with van der Waals surface area (Å²) in [5, 5.41) is 3.27. The Bertz CT molecular complexity index is 395. The predicted octanol–water partition coefficient (Wildman–Crippen LogP) is 2.18. The Morgan fingerprint density at radius 1 is 1.15 bits per heavy atom. The first-order valence-electron chi connectivity index (χ1n) is 7.77. The maximum Gasteiger partial charge on any atom is 0.0236 e. The lowest BCUT2D eigenvalue weighted by Gasteiger charge is -2.33. The number of hydrogen-bond donors (Lipinski definition) is 1. The largest absolute Gasteiger partial charge is 0.316 e. The average molecular weight is 275 g/mol. The molecule has 1 aromatic rings. The Morgan fingerprint density at radius 3 is 2.40 bits per heavy atom. The number of nitrogens with zero attached hydrogens (tertiary/aromatic N) is 2. The van der Waals surface area contributed by atoms with Crippen LogP contribution in [0.3, 0.4) is 0 Å². The predicted molar refractivity (Wildman–Crippen MR) is 85.8 cm³/mol. The summed E-state index contributed by atoms with van der Waals surface area (Å²) in [6, 6.07) is 8.82. The standard InChI is InChI=1S/C17H29N3/c1-18-12-16-6-4-5-7-17(16)14-20-10-8-15(9-11-20)13-19(2)3/h4-7,15,18H,8-14H2,1-3H3. The first-order chi connectivity index (χ1) is 9.69. The number of piperidine rings is 1. The summed E-state index contributed by atoms with van der Waals surface area (Å²) in [5.41, 5.74) is 2.92. The third-order valence-corrected chi connectivity index (χ3v) is 4.21. The van der Waals surface area contributed by atoms with Crippen molar-refractivity contribution in [2.45, 2.75) is 25.9 Å². The van der Waals surface area contributed by atoms with Crippen LogP contribution in [0.5, 0.6) is 0 Å². The van der Waals surface area contributed by atoms with Crippen molar-refractivity contribution >= 4 is 0 Å². The summed E-state index contributed by atoms with van der Waals surface area (Å²) >= 11 is 0. The maximum absolute atomic E-state index is 3.27. The molecule has 0 radical (unpaired) electrons. The Kier molecular flexibility index (Phi) is 6.02. The van der Waals surface area contributed by atoms with Gasteiger partial charge >= 0.3 is 0 Å². The second-order valence-electron chi connectivity index (χ2n) is 6.28. The molecule has 1 heterocycles. The number of hydrogen-bond acceptors (Lipinski definition) is 3. The average Bonchev–Trinajstić information content (AvgIpc) is 2.43. The van der Waals surface area contributed by atoms with Crippen LogP contribution in [-0.4, -0.2) is 50.6 Å². The second kappa shape index (κ2) is 7.77. The van der Waals surface area contributed by atoms with E-state index in [2.05, 4.69) is 53.5 Å². The van der Waals surface area contributed by atoms with Crippen LogP contribution in [0, 0.1) is 5.92 Å². The SMILES string of the molecule is CNCc1ccccc1CN1CCC(CN(C)C)CC1. The lowest BCUT2D eigenvalue weighted by molar-refractivity contribution is 0.156. The maximum atomic E-state index is 3.27. The molecule has 1 aromatic carbocycles. The minimum atomic E-state index is 0.883. The molecule has 112 valence electrons. The lowest BCUT2D eigenvalue weighted by Crippen LogP contribution is -2.36. The van der Waals surface area contributed by atoms with Crippen LogP contribution in [0.4, 0.5) is 0 Å². The van der Waals surface area contributed by atoms with Gasteiger partial charge in [-0.2, -0.15) is 0 Å². The van der Waals surface area contributed by atoms with Crippen molar-refractivity contribution in [3.8, 4) is 0 Å². The normalized spacial score (nSPS) is 17.8. The molecular formula is C17H29N3.